The van der Waals surface area contributed by atoms with E-state index >= 15 is 0 Å². The lowest BCUT2D eigenvalue weighted by atomic mass is 10.3. The van der Waals surface area contributed by atoms with Crippen LogP contribution in [-0.2, 0) is 10.0 Å². The summed E-state index contributed by atoms with van der Waals surface area (Å²) in [5.41, 5.74) is 0.328. The molecule has 0 aliphatic heterocycles. The molecule has 0 aromatic carbocycles. The molecule has 0 saturated heterocycles. The number of nitrogens with zero attached hydrogens (tertiary/aromatic N) is 1. The van der Waals surface area contributed by atoms with Crippen LogP contribution in [0.3, 0.4) is 0 Å². The molecule has 0 radical (unpaired) electrons. The first-order valence-electron chi connectivity index (χ1n) is 7.07. The zero-order valence-electron chi connectivity index (χ0n) is 13.6. The van der Waals surface area contributed by atoms with Gasteiger partial charge in [-0.25, -0.2) is 13.4 Å². The summed E-state index contributed by atoms with van der Waals surface area (Å²) in [6.45, 7) is 10.0. The molecule has 1 heterocycles. The molecule has 0 amide bonds. The van der Waals surface area contributed by atoms with Gasteiger partial charge >= 0.3 is 0 Å². The number of hydrogen-bond acceptors (Lipinski definition) is 5. The largest absolute Gasteiger partial charge is 0.475 e. The van der Waals surface area contributed by atoms with Crippen molar-refractivity contribution in [3.05, 3.63) is 16.7 Å². The molecule has 0 aliphatic carbocycles. The highest BCUT2D eigenvalue weighted by molar-refractivity contribution is 9.10. The Kier molecular flexibility index (Phi) is 6.64. The van der Waals surface area contributed by atoms with Crippen LogP contribution in [0, 0.1) is 0 Å². The van der Waals surface area contributed by atoms with Gasteiger partial charge in [-0.1, -0.05) is 13.8 Å². The number of pyridine rings is 1. The van der Waals surface area contributed by atoms with Crippen molar-refractivity contribution in [2.45, 2.75) is 45.4 Å². The van der Waals surface area contributed by atoms with Crippen molar-refractivity contribution in [1.29, 1.82) is 0 Å². The molecule has 6 nitrogen and oxygen atoms in total. The van der Waals surface area contributed by atoms with Crippen molar-refractivity contribution in [3.63, 3.8) is 0 Å². The van der Waals surface area contributed by atoms with Crippen molar-refractivity contribution in [1.82, 2.24) is 10.3 Å². The smallest absolute Gasteiger partial charge is 0.238 e. The molecule has 0 aliphatic rings. The predicted octanol–water partition coefficient (Wildman–Crippen LogP) is 2.76. The van der Waals surface area contributed by atoms with Crippen molar-refractivity contribution in [3.8, 4) is 5.88 Å². The second kappa shape index (κ2) is 7.61. The molecular formula is C14H24BrN3O3S. The van der Waals surface area contributed by atoms with E-state index in [9.17, 15) is 8.42 Å². The Hall–Kier alpha value is -0.860. The van der Waals surface area contributed by atoms with E-state index in [2.05, 4.69) is 31.0 Å². The quantitative estimate of drug-likeness (QED) is 0.696. The fourth-order valence-electron chi connectivity index (χ4n) is 1.41. The molecule has 0 bridgehead atoms. The molecule has 0 fully saturated rings. The van der Waals surface area contributed by atoms with Gasteiger partial charge in [-0.2, -0.15) is 0 Å². The Morgan fingerprint density at radius 1 is 1.36 bits per heavy atom. The van der Waals surface area contributed by atoms with Gasteiger partial charge in [0.2, 0.25) is 15.9 Å². The summed E-state index contributed by atoms with van der Waals surface area (Å²) in [6.07, 6.45) is 1.57. The average molecular weight is 394 g/mol. The van der Waals surface area contributed by atoms with E-state index < -0.39 is 14.8 Å². The Bertz CT molecular complexity index is 598. The first-order valence-corrected chi connectivity index (χ1v) is 9.34. The highest BCUT2D eigenvalue weighted by atomic mass is 79.9. The fraction of sp³-hybridized carbons (Fsp3) is 0.643. The van der Waals surface area contributed by atoms with Crippen LogP contribution >= 0.6 is 15.9 Å². The van der Waals surface area contributed by atoms with Crippen LogP contribution in [0.15, 0.2) is 16.7 Å². The van der Waals surface area contributed by atoms with Crippen LogP contribution in [0.25, 0.3) is 0 Å². The predicted molar refractivity (Wildman–Crippen MR) is 92.9 cm³/mol. The summed E-state index contributed by atoms with van der Waals surface area (Å²) < 4.78 is 32.4. The number of sulfonamides is 1. The highest BCUT2D eigenvalue weighted by Crippen LogP contribution is 2.28. The third-order valence-electron chi connectivity index (χ3n) is 2.76. The Morgan fingerprint density at radius 2 is 2.00 bits per heavy atom. The summed E-state index contributed by atoms with van der Waals surface area (Å²) >= 11 is 3.29. The van der Waals surface area contributed by atoms with Gasteiger partial charge in [0.15, 0.2) is 0 Å². The van der Waals surface area contributed by atoms with Gasteiger partial charge in [0.05, 0.1) is 4.75 Å². The third-order valence-corrected chi connectivity index (χ3v) is 5.30. The lowest BCUT2D eigenvalue weighted by Crippen LogP contribution is -2.34. The van der Waals surface area contributed by atoms with E-state index in [1.165, 1.54) is 0 Å². The van der Waals surface area contributed by atoms with Crippen LogP contribution in [0.1, 0.15) is 34.6 Å². The second-order valence-electron chi connectivity index (χ2n) is 6.18. The molecule has 1 aromatic heterocycles. The van der Waals surface area contributed by atoms with Gasteiger partial charge in [0.1, 0.15) is 12.3 Å². The van der Waals surface area contributed by atoms with E-state index in [0.29, 0.717) is 29.4 Å². The highest BCUT2D eigenvalue weighted by Gasteiger charge is 2.30. The second-order valence-corrected chi connectivity index (χ2v) is 9.53. The molecule has 0 spiro atoms. The lowest BCUT2D eigenvalue weighted by Gasteiger charge is -2.21. The van der Waals surface area contributed by atoms with Crippen LogP contribution in [0.2, 0.25) is 0 Å². The molecule has 22 heavy (non-hydrogen) atoms. The molecule has 8 heteroatoms. The topological polar surface area (TPSA) is 80.3 Å². The normalized spacial score (nSPS) is 12.5. The number of nitrogens with one attached hydrogen (secondary N) is 2. The van der Waals surface area contributed by atoms with Crippen LogP contribution < -0.4 is 14.8 Å². The number of anilines is 1. The zero-order chi connectivity index (χ0) is 17.0. The minimum Gasteiger partial charge on any atom is -0.475 e. The monoisotopic (exact) mass is 393 g/mol. The van der Waals surface area contributed by atoms with Crippen molar-refractivity contribution in [2.24, 2.45) is 0 Å². The Labute approximate surface area is 141 Å². The molecule has 126 valence electrons. The van der Waals surface area contributed by atoms with E-state index in [0.717, 1.165) is 0 Å². The number of ether oxygens (including phenoxy) is 1. The molecule has 1 rings (SSSR count). The summed E-state index contributed by atoms with van der Waals surface area (Å²) in [6, 6.07) is 2.00. The first kappa shape index (κ1) is 19.2. The maximum atomic E-state index is 12.3. The number of halogens is 1. The van der Waals surface area contributed by atoms with E-state index in [-0.39, 0.29) is 5.88 Å². The number of hydrogen-bond donors (Lipinski definition) is 2. The van der Waals surface area contributed by atoms with Crippen LogP contribution in [-0.4, -0.2) is 37.3 Å². The van der Waals surface area contributed by atoms with Crippen molar-refractivity contribution < 1.29 is 13.2 Å². The molecule has 0 unspecified atom stereocenters. The minimum absolute atomic E-state index is 0.265. The van der Waals surface area contributed by atoms with E-state index in [4.69, 9.17) is 4.74 Å². The average Bonchev–Trinajstić information content (AvgIpc) is 2.34. The summed E-state index contributed by atoms with van der Waals surface area (Å²) in [7, 11) is -3.54. The van der Waals surface area contributed by atoms with Gasteiger partial charge in [0.25, 0.3) is 0 Å². The van der Waals surface area contributed by atoms with Gasteiger partial charge < -0.3 is 10.1 Å². The molecule has 0 saturated carbocycles. The first-order chi connectivity index (χ1) is 10.0. The third kappa shape index (κ3) is 5.73. The van der Waals surface area contributed by atoms with Crippen LogP contribution in [0.4, 0.5) is 5.69 Å². The SMILES string of the molecule is CC(C)NCCOc1ncc(Br)cc1NS(=O)(=O)C(C)(C)C. The van der Waals surface area contributed by atoms with Crippen molar-refractivity contribution >= 4 is 31.6 Å². The maximum Gasteiger partial charge on any atom is 0.238 e. The zero-order valence-corrected chi connectivity index (χ0v) is 16.0. The van der Waals surface area contributed by atoms with Gasteiger partial charge in [-0.15, -0.1) is 0 Å². The van der Waals surface area contributed by atoms with E-state index in [1.807, 2.05) is 13.8 Å². The summed E-state index contributed by atoms with van der Waals surface area (Å²) in [5.74, 6) is 0.265. The fourth-order valence-corrected chi connectivity index (χ4v) is 2.48. The van der Waals surface area contributed by atoms with Gasteiger partial charge in [0, 0.05) is 23.3 Å². The van der Waals surface area contributed by atoms with Crippen LogP contribution in [0.5, 0.6) is 5.88 Å². The standard InChI is InChI=1S/C14H24BrN3O3S/c1-10(2)16-6-7-21-13-12(8-11(15)9-17-13)18-22(19,20)14(3,4)5/h8-10,16,18H,6-7H2,1-5H3. The van der Waals surface area contributed by atoms with Gasteiger partial charge in [-0.05, 0) is 42.8 Å². The molecule has 1 aromatic rings. The summed E-state index contributed by atoms with van der Waals surface area (Å²) in [4.78, 5) is 4.14. The number of rotatable bonds is 7. The van der Waals surface area contributed by atoms with Gasteiger partial charge in [-0.3, -0.25) is 4.72 Å². The lowest BCUT2D eigenvalue weighted by molar-refractivity contribution is 0.299. The maximum absolute atomic E-state index is 12.3. The number of aromatic nitrogens is 1. The minimum atomic E-state index is -3.54. The molecule has 0 atom stereocenters. The van der Waals surface area contributed by atoms with E-state index in [1.54, 1.807) is 33.0 Å². The molecule has 2 N–H and O–H groups in total. The van der Waals surface area contributed by atoms with Crippen molar-refractivity contribution in [2.75, 3.05) is 17.9 Å². The summed E-state index contributed by atoms with van der Waals surface area (Å²) in [5, 5.41) is 3.22. The Balaban J connectivity index is 2.88. The molecular weight excluding hydrogens is 370 g/mol. The Morgan fingerprint density at radius 3 is 2.55 bits per heavy atom.